The Bertz CT molecular complexity index is 637. The Hall–Kier alpha value is -1.61. The van der Waals surface area contributed by atoms with Crippen molar-refractivity contribution in [3.8, 4) is 0 Å². The Morgan fingerprint density at radius 3 is 3.10 bits per heavy atom. The predicted molar refractivity (Wildman–Crippen MR) is 83.1 cm³/mol. The number of hydrogen-bond donors (Lipinski definition) is 1. The van der Waals surface area contributed by atoms with Crippen LogP contribution in [-0.2, 0) is 0 Å². The number of aryl methyl sites for hydroxylation is 1. The van der Waals surface area contributed by atoms with Gasteiger partial charge in [0.25, 0.3) is 0 Å². The number of rotatable bonds is 2. The zero-order valence-electron chi connectivity index (χ0n) is 12.0. The number of pyridine rings is 1. The predicted octanol–water partition coefficient (Wildman–Crippen LogP) is 3.19. The molecule has 20 heavy (non-hydrogen) atoms. The lowest BCUT2D eigenvalue weighted by Crippen LogP contribution is -2.33. The number of hydrogen-bond acceptors (Lipinski definition) is 3. The van der Waals surface area contributed by atoms with Crippen molar-refractivity contribution >= 4 is 16.6 Å². The van der Waals surface area contributed by atoms with Gasteiger partial charge in [0.15, 0.2) is 0 Å². The third-order valence-corrected chi connectivity index (χ3v) is 4.92. The van der Waals surface area contributed by atoms with Gasteiger partial charge in [-0.3, -0.25) is 9.88 Å². The summed E-state index contributed by atoms with van der Waals surface area (Å²) >= 11 is 0. The summed E-state index contributed by atoms with van der Waals surface area (Å²) in [5.74, 6) is 0. The molecule has 0 spiro atoms. The van der Waals surface area contributed by atoms with E-state index in [0.29, 0.717) is 6.04 Å². The van der Waals surface area contributed by atoms with Gasteiger partial charge in [-0.2, -0.15) is 0 Å². The van der Waals surface area contributed by atoms with Crippen LogP contribution >= 0.6 is 0 Å². The summed E-state index contributed by atoms with van der Waals surface area (Å²) in [6.07, 6.45) is 5.85. The van der Waals surface area contributed by atoms with Crippen molar-refractivity contribution in [2.75, 3.05) is 18.4 Å². The molecule has 1 N–H and O–H groups in total. The van der Waals surface area contributed by atoms with E-state index >= 15 is 0 Å². The lowest BCUT2D eigenvalue weighted by Gasteiger charge is -2.23. The van der Waals surface area contributed by atoms with Gasteiger partial charge in [-0.05, 0) is 56.5 Å². The molecular formula is C17H21N3. The molecule has 2 aliphatic rings. The molecule has 0 aliphatic carbocycles. The van der Waals surface area contributed by atoms with Crippen molar-refractivity contribution < 1.29 is 0 Å². The van der Waals surface area contributed by atoms with Crippen LogP contribution in [-0.4, -0.2) is 35.1 Å². The van der Waals surface area contributed by atoms with Crippen LogP contribution in [0.3, 0.4) is 0 Å². The van der Waals surface area contributed by atoms with E-state index in [1.165, 1.54) is 49.0 Å². The highest BCUT2D eigenvalue weighted by molar-refractivity contribution is 5.93. The molecule has 3 heterocycles. The number of anilines is 1. The van der Waals surface area contributed by atoms with Gasteiger partial charge in [0.1, 0.15) is 0 Å². The van der Waals surface area contributed by atoms with Crippen LogP contribution < -0.4 is 5.32 Å². The van der Waals surface area contributed by atoms with Gasteiger partial charge in [-0.15, -0.1) is 0 Å². The quantitative estimate of drug-likeness (QED) is 0.905. The minimum absolute atomic E-state index is 0.601. The summed E-state index contributed by atoms with van der Waals surface area (Å²) in [6.45, 7) is 4.68. The highest BCUT2D eigenvalue weighted by atomic mass is 15.2. The number of aromatic nitrogens is 1. The van der Waals surface area contributed by atoms with Crippen molar-refractivity contribution in [2.24, 2.45) is 0 Å². The highest BCUT2D eigenvalue weighted by Crippen LogP contribution is 2.32. The molecular weight excluding hydrogens is 246 g/mol. The van der Waals surface area contributed by atoms with E-state index in [9.17, 15) is 0 Å². The summed E-state index contributed by atoms with van der Waals surface area (Å²) in [5.41, 5.74) is 3.62. The maximum Gasteiger partial charge on any atom is 0.0751 e. The van der Waals surface area contributed by atoms with Crippen LogP contribution in [0.4, 0.5) is 5.69 Å². The van der Waals surface area contributed by atoms with Crippen molar-refractivity contribution in [1.82, 2.24) is 9.88 Å². The van der Waals surface area contributed by atoms with Gasteiger partial charge < -0.3 is 5.32 Å². The van der Waals surface area contributed by atoms with Crippen LogP contribution in [0, 0.1) is 6.92 Å². The molecule has 0 bridgehead atoms. The number of nitrogens with zero attached hydrogens (tertiary/aromatic N) is 2. The Morgan fingerprint density at radius 1 is 1.20 bits per heavy atom. The molecule has 1 aromatic carbocycles. The highest BCUT2D eigenvalue weighted by Gasteiger charge is 2.37. The average molecular weight is 267 g/mol. The average Bonchev–Trinajstić information content (AvgIpc) is 3.07. The van der Waals surface area contributed by atoms with Gasteiger partial charge in [0, 0.05) is 35.9 Å². The number of fused-ring (bicyclic) bond motifs is 2. The summed E-state index contributed by atoms with van der Waals surface area (Å²) in [7, 11) is 0. The molecule has 0 saturated carbocycles. The first-order chi connectivity index (χ1) is 9.83. The molecule has 0 amide bonds. The normalized spacial score (nSPS) is 26.1. The minimum Gasteiger partial charge on any atom is -0.380 e. The smallest absolute Gasteiger partial charge is 0.0751 e. The van der Waals surface area contributed by atoms with Gasteiger partial charge in [0.05, 0.1) is 5.52 Å². The fourth-order valence-corrected chi connectivity index (χ4v) is 3.89. The van der Waals surface area contributed by atoms with Gasteiger partial charge >= 0.3 is 0 Å². The van der Waals surface area contributed by atoms with E-state index in [1.54, 1.807) is 0 Å². The topological polar surface area (TPSA) is 28.2 Å². The Morgan fingerprint density at radius 2 is 2.15 bits per heavy atom. The molecule has 3 heteroatoms. The molecule has 2 saturated heterocycles. The summed E-state index contributed by atoms with van der Waals surface area (Å²) in [6, 6.07) is 9.95. The standard InChI is InChI=1S/C17H21N3/c1-12-6-7-14(13-4-2-9-18-17(12)13)19-15-8-11-20-10-3-5-16(15)20/h2,4,6-7,9,15-16,19H,3,5,8,10-11H2,1H3. The molecule has 2 aromatic rings. The lowest BCUT2D eigenvalue weighted by atomic mass is 10.0. The zero-order chi connectivity index (χ0) is 13.5. The first-order valence-electron chi connectivity index (χ1n) is 7.68. The zero-order valence-corrected chi connectivity index (χ0v) is 12.0. The van der Waals surface area contributed by atoms with E-state index in [2.05, 4.69) is 40.3 Å². The Balaban J connectivity index is 1.68. The van der Waals surface area contributed by atoms with E-state index < -0.39 is 0 Å². The molecule has 104 valence electrons. The van der Waals surface area contributed by atoms with Crippen molar-refractivity contribution in [3.05, 3.63) is 36.0 Å². The molecule has 0 radical (unpaired) electrons. The molecule has 2 aliphatic heterocycles. The van der Waals surface area contributed by atoms with Crippen LogP contribution in [0.25, 0.3) is 10.9 Å². The minimum atomic E-state index is 0.601. The van der Waals surface area contributed by atoms with Gasteiger partial charge in [0.2, 0.25) is 0 Å². The molecule has 2 unspecified atom stereocenters. The van der Waals surface area contributed by atoms with E-state index in [4.69, 9.17) is 0 Å². The summed E-state index contributed by atoms with van der Waals surface area (Å²) in [5, 5.41) is 5.05. The third-order valence-electron chi connectivity index (χ3n) is 4.92. The third kappa shape index (κ3) is 1.88. The van der Waals surface area contributed by atoms with Crippen LogP contribution in [0.1, 0.15) is 24.8 Å². The maximum absolute atomic E-state index is 4.53. The molecule has 3 nitrogen and oxygen atoms in total. The Labute approximate surface area is 120 Å². The fourth-order valence-electron chi connectivity index (χ4n) is 3.89. The SMILES string of the molecule is Cc1ccc(NC2CCN3CCCC23)c2cccnc12. The van der Waals surface area contributed by atoms with E-state index in [1.807, 2.05) is 12.3 Å². The first kappa shape index (κ1) is 12.2. The largest absolute Gasteiger partial charge is 0.380 e. The van der Waals surface area contributed by atoms with Crippen LogP contribution in [0.2, 0.25) is 0 Å². The number of benzene rings is 1. The van der Waals surface area contributed by atoms with Crippen molar-refractivity contribution in [1.29, 1.82) is 0 Å². The van der Waals surface area contributed by atoms with E-state index in [0.717, 1.165) is 11.6 Å². The van der Waals surface area contributed by atoms with Crippen molar-refractivity contribution in [2.45, 2.75) is 38.3 Å². The first-order valence-corrected chi connectivity index (χ1v) is 7.68. The number of nitrogens with one attached hydrogen (secondary N) is 1. The summed E-state index contributed by atoms with van der Waals surface area (Å²) < 4.78 is 0. The second-order valence-corrected chi connectivity index (χ2v) is 6.11. The van der Waals surface area contributed by atoms with Crippen molar-refractivity contribution in [3.63, 3.8) is 0 Å². The Kier molecular flexibility index (Phi) is 2.88. The fraction of sp³-hybridized carbons (Fsp3) is 0.471. The molecule has 2 fully saturated rings. The maximum atomic E-state index is 4.53. The lowest BCUT2D eigenvalue weighted by molar-refractivity contribution is 0.318. The van der Waals surface area contributed by atoms with Crippen LogP contribution in [0.15, 0.2) is 30.5 Å². The summed E-state index contributed by atoms with van der Waals surface area (Å²) in [4.78, 5) is 7.18. The van der Waals surface area contributed by atoms with E-state index in [-0.39, 0.29) is 0 Å². The van der Waals surface area contributed by atoms with Crippen LogP contribution in [0.5, 0.6) is 0 Å². The van der Waals surface area contributed by atoms with Gasteiger partial charge in [-0.25, -0.2) is 0 Å². The molecule has 4 rings (SSSR count). The molecule has 1 aromatic heterocycles. The molecule has 2 atom stereocenters. The second kappa shape index (κ2) is 4.74. The van der Waals surface area contributed by atoms with Gasteiger partial charge in [-0.1, -0.05) is 6.07 Å². The second-order valence-electron chi connectivity index (χ2n) is 6.11. The monoisotopic (exact) mass is 267 g/mol.